The number of hydrogen-bond donors (Lipinski definition) is 2. The summed E-state index contributed by atoms with van der Waals surface area (Å²) in [7, 11) is 0. The van der Waals surface area contributed by atoms with E-state index in [9.17, 15) is 5.11 Å². The van der Waals surface area contributed by atoms with Gasteiger partial charge in [0.2, 0.25) is 0 Å². The van der Waals surface area contributed by atoms with Gasteiger partial charge in [0.25, 0.3) is 0 Å². The molecule has 6 heteroatoms. The van der Waals surface area contributed by atoms with Crippen LogP contribution < -0.4 is 5.32 Å². The third kappa shape index (κ3) is 3.37. The lowest BCUT2D eigenvalue weighted by Crippen LogP contribution is -2.64. The van der Waals surface area contributed by atoms with Gasteiger partial charge in [-0.25, -0.2) is 0 Å². The van der Waals surface area contributed by atoms with Crippen LogP contribution in [0, 0.1) is 0 Å². The maximum Gasteiger partial charge on any atom is 0.176 e. The first-order valence-corrected chi connectivity index (χ1v) is 10.1. The smallest absolute Gasteiger partial charge is 0.176 e. The number of nitrogens with zero attached hydrogens (tertiary/aromatic N) is 2. The van der Waals surface area contributed by atoms with Crippen LogP contribution in [0.15, 0.2) is 36.5 Å². The van der Waals surface area contributed by atoms with Crippen molar-refractivity contribution in [1.29, 1.82) is 0 Å². The molecule has 1 aromatic heterocycles. The van der Waals surface area contributed by atoms with Crippen molar-refractivity contribution in [3.8, 4) is 0 Å². The van der Waals surface area contributed by atoms with Crippen molar-refractivity contribution in [3.63, 3.8) is 0 Å². The van der Waals surface area contributed by atoms with Crippen molar-refractivity contribution in [1.82, 2.24) is 15.2 Å². The van der Waals surface area contributed by atoms with Crippen molar-refractivity contribution in [3.05, 3.63) is 42.1 Å². The van der Waals surface area contributed by atoms with E-state index in [1.165, 1.54) is 19.3 Å². The molecule has 2 aromatic rings. The minimum atomic E-state index is -0.497. The molecule has 0 spiro atoms. The third-order valence-corrected chi connectivity index (χ3v) is 6.13. The van der Waals surface area contributed by atoms with Gasteiger partial charge in [-0.3, -0.25) is 9.88 Å². The summed E-state index contributed by atoms with van der Waals surface area (Å²) in [6.07, 6.45) is 4.64. The molecule has 5 unspecified atom stereocenters. The Bertz CT molecular complexity index is 795. The molecule has 4 heterocycles. The van der Waals surface area contributed by atoms with Crippen LogP contribution in [0.2, 0.25) is 0 Å². The van der Waals surface area contributed by atoms with Crippen molar-refractivity contribution in [2.45, 2.75) is 56.4 Å². The van der Waals surface area contributed by atoms with Gasteiger partial charge in [-0.05, 0) is 43.6 Å². The van der Waals surface area contributed by atoms with E-state index in [0.717, 1.165) is 29.6 Å². The van der Waals surface area contributed by atoms with Crippen molar-refractivity contribution in [2.75, 3.05) is 19.7 Å². The van der Waals surface area contributed by atoms with Gasteiger partial charge >= 0.3 is 0 Å². The number of aromatic nitrogens is 1. The Balaban J connectivity index is 1.31. The van der Waals surface area contributed by atoms with E-state index in [-0.39, 0.29) is 24.5 Å². The summed E-state index contributed by atoms with van der Waals surface area (Å²) < 4.78 is 12.0. The number of benzene rings is 1. The van der Waals surface area contributed by atoms with Gasteiger partial charge in [0.05, 0.1) is 30.3 Å². The molecule has 27 heavy (non-hydrogen) atoms. The lowest BCUT2D eigenvalue weighted by molar-refractivity contribution is -0.184. The molecule has 0 radical (unpaired) electrons. The molecule has 2 N–H and O–H groups in total. The van der Waals surface area contributed by atoms with Crippen LogP contribution in [-0.2, 0) is 16.0 Å². The first-order chi connectivity index (χ1) is 13.3. The maximum atomic E-state index is 11.1. The molecule has 5 atom stereocenters. The molecule has 3 aliphatic rings. The van der Waals surface area contributed by atoms with E-state index < -0.39 is 6.10 Å². The van der Waals surface area contributed by atoms with E-state index >= 15 is 0 Å². The Kier molecular flexibility index (Phi) is 4.83. The van der Waals surface area contributed by atoms with Crippen LogP contribution in [-0.4, -0.2) is 65.3 Å². The van der Waals surface area contributed by atoms with Gasteiger partial charge in [0, 0.05) is 18.1 Å². The second-order valence-electron chi connectivity index (χ2n) is 7.90. The molecule has 0 aliphatic carbocycles. The van der Waals surface area contributed by atoms with Crippen molar-refractivity contribution < 1.29 is 14.6 Å². The zero-order chi connectivity index (χ0) is 18.2. The number of rotatable bonds is 4. The zero-order valence-corrected chi connectivity index (χ0v) is 15.5. The van der Waals surface area contributed by atoms with Crippen LogP contribution >= 0.6 is 0 Å². The van der Waals surface area contributed by atoms with Crippen LogP contribution in [0.1, 0.15) is 24.8 Å². The predicted octanol–water partition coefficient (Wildman–Crippen LogP) is 1.66. The summed E-state index contributed by atoms with van der Waals surface area (Å²) >= 11 is 0. The third-order valence-electron chi connectivity index (χ3n) is 6.13. The van der Waals surface area contributed by atoms with Gasteiger partial charge < -0.3 is 19.9 Å². The molecule has 0 amide bonds. The number of aliphatic hydroxyl groups excluding tert-OH is 1. The lowest BCUT2D eigenvalue weighted by atomic mass is 9.93. The van der Waals surface area contributed by atoms with Crippen LogP contribution in [0.5, 0.6) is 0 Å². The first kappa shape index (κ1) is 17.5. The highest BCUT2D eigenvalue weighted by Gasteiger charge is 2.51. The number of hydrogen-bond acceptors (Lipinski definition) is 6. The van der Waals surface area contributed by atoms with Gasteiger partial charge in [0.1, 0.15) is 6.10 Å². The molecule has 2 bridgehead atoms. The highest BCUT2D eigenvalue weighted by atomic mass is 16.7. The molecule has 3 aliphatic heterocycles. The van der Waals surface area contributed by atoms with Gasteiger partial charge in [-0.15, -0.1) is 0 Å². The maximum absolute atomic E-state index is 11.1. The highest BCUT2D eigenvalue weighted by molar-refractivity contribution is 5.78. The average Bonchev–Trinajstić information content (AvgIpc) is 3.13. The molecule has 1 aromatic carbocycles. The van der Waals surface area contributed by atoms with E-state index in [1.807, 2.05) is 24.4 Å². The summed E-state index contributed by atoms with van der Waals surface area (Å²) in [6, 6.07) is 10.1. The highest BCUT2D eigenvalue weighted by Crippen LogP contribution is 2.32. The molecule has 3 saturated heterocycles. The predicted molar refractivity (Wildman–Crippen MR) is 102 cm³/mol. The normalized spacial score (nSPS) is 34.2. The summed E-state index contributed by atoms with van der Waals surface area (Å²) in [5.41, 5.74) is 2.11. The molecule has 0 saturated carbocycles. The minimum absolute atomic E-state index is 0.0868. The molecule has 3 fully saturated rings. The fourth-order valence-electron chi connectivity index (χ4n) is 4.71. The van der Waals surface area contributed by atoms with E-state index in [1.54, 1.807) is 0 Å². The first-order valence-electron chi connectivity index (χ1n) is 10.1. The molecular formula is C21H27N3O3. The zero-order valence-electron chi connectivity index (χ0n) is 15.5. The van der Waals surface area contributed by atoms with Crippen LogP contribution in [0.25, 0.3) is 10.9 Å². The topological polar surface area (TPSA) is 66.8 Å². The molecule has 144 valence electrons. The number of pyridine rings is 1. The van der Waals surface area contributed by atoms with E-state index in [2.05, 4.69) is 27.3 Å². The SMILES string of the molecule is OC1C(NCc2cnc3ccccc3c2)C2COC(O2)C1N1CCCCC1. The van der Waals surface area contributed by atoms with E-state index in [4.69, 9.17) is 9.47 Å². The number of nitrogens with one attached hydrogen (secondary N) is 1. The fraction of sp³-hybridized carbons (Fsp3) is 0.571. The van der Waals surface area contributed by atoms with Crippen molar-refractivity contribution >= 4 is 10.9 Å². The van der Waals surface area contributed by atoms with Crippen molar-refractivity contribution in [2.24, 2.45) is 0 Å². The number of likely N-dealkylation sites (tertiary alicyclic amines) is 1. The Labute approximate surface area is 159 Å². The van der Waals surface area contributed by atoms with Crippen LogP contribution in [0.4, 0.5) is 0 Å². The summed E-state index contributed by atoms with van der Waals surface area (Å²) in [4.78, 5) is 6.89. The Morgan fingerprint density at radius 2 is 2.04 bits per heavy atom. The number of ether oxygens (including phenoxy) is 2. The van der Waals surface area contributed by atoms with Crippen LogP contribution in [0.3, 0.4) is 0 Å². The van der Waals surface area contributed by atoms with Gasteiger partial charge in [-0.2, -0.15) is 0 Å². The van der Waals surface area contributed by atoms with Gasteiger partial charge in [0.15, 0.2) is 6.29 Å². The largest absolute Gasteiger partial charge is 0.390 e. The Morgan fingerprint density at radius 3 is 2.93 bits per heavy atom. The van der Waals surface area contributed by atoms with Gasteiger partial charge in [-0.1, -0.05) is 24.6 Å². The number of piperidine rings is 1. The van der Waals surface area contributed by atoms with E-state index in [0.29, 0.717) is 13.2 Å². The number of aliphatic hydroxyl groups is 1. The summed E-state index contributed by atoms with van der Waals surface area (Å²) in [5.74, 6) is 0. The quantitative estimate of drug-likeness (QED) is 0.855. The monoisotopic (exact) mass is 369 g/mol. The average molecular weight is 369 g/mol. The number of para-hydroxylation sites is 1. The molecular weight excluding hydrogens is 342 g/mol. The standard InChI is InChI=1S/C21H27N3O3/c25-20-18(23-12-14-10-15-6-2-3-7-16(15)22-11-14)17-13-26-21(27-17)19(20)24-8-4-1-5-9-24/h2-3,6-7,10-11,17-21,23,25H,1,4-5,8-9,12-13H2. The number of fused-ring (bicyclic) bond motifs is 3. The summed E-state index contributed by atoms with van der Waals surface area (Å²) in [5, 5.41) is 15.8. The lowest BCUT2D eigenvalue weighted by Gasteiger charge is -2.45. The Hall–Kier alpha value is -1.57. The molecule has 6 nitrogen and oxygen atoms in total. The second kappa shape index (κ2) is 7.45. The fourth-order valence-corrected chi connectivity index (χ4v) is 4.71. The Morgan fingerprint density at radius 1 is 1.19 bits per heavy atom. The summed E-state index contributed by atoms with van der Waals surface area (Å²) in [6.45, 7) is 3.21. The molecule has 5 rings (SSSR count). The minimum Gasteiger partial charge on any atom is -0.390 e. The second-order valence-corrected chi connectivity index (χ2v) is 7.90.